The second kappa shape index (κ2) is 7.96. The summed E-state index contributed by atoms with van der Waals surface area (Å²) in [7, 11) is 0. The van der Waals surface area contributed by atoms with E-state index in [-0.39, 0.29) is 16.9 Å². The third kappa shape index (κ3) is 6.27. The Morgan fingerprint density at radius 2 is 1.17 bits per heavy atom. The number of aromatic hydroxyl groups is 1. The molecule has 0 bridgehead atoms. The number of hydrogen-bond acceptors (Lipinski definition) is 2. The maximum Gasteiger partial charge on any atom is 0.193 e. The number of carbonyl (C=O) groups excluding carboxylic acids is 1. The van der Waals surface area contributed by atoms with Gasteiger partial charge in [0.2, 0.25) is 0 Å². The van der Waals surface area contributed by atoms with Crippen molar-refractivity contribution < 1.29 is 9.90 Å². The van der Waals surface area contributed by atoms with E-state index < -0.39 is 0 Å². The molecule has 2 rings (SSSR count). The van der Waals surface area contributed by atoms with E-state index >= 15 is 0 Å². The smallest absolute Gasteiger partial charge is 0.193 e. The summed E-state index contributed by atoms with van der Waals surface area (Å²) in [4.78, 5) is 12.2. The van der Waals surface area contributed by atoms with Crippen molar-refractivity contribution in [2.45, 2.75) is 47.0 Å². The van der Waals surface area contributed by atoms with Gasteiger partial charge in [0.05, 0.1) is 0 Å². The van der Waals surface area contributed by atoms with Gasteiger partial charge in [-0.1, -0.05) is 65.8 Å². The second-order valence-electron chi connectivity index (χ2n) is 7.44. The van der Waals surface area contributed by atoms with Crippen molar-refractivity contribution in [2.24, 2.45) is 5.92 Å². The molecule has 2 nitrogen and oxygen atoms in total. The van der Waals surface area contributed by atoms with Gasteiger partial charge in [0.15, 0.2) is 5.78 Å². The SMILES string of the molecule is CC(C)(C)c1ccc(C(=O)c2ccc(O)cc2)cc1.CC(C)C. The lowest BCUT2D eigenvalue weighted by atomic mass is 9.86. The predicted octanol–water partition coefficient (Wildman–Crippen LogP) is 5.58. The fraction of sp³-hybridized carbons (Fsp3) is 0.381. The van der Waals surface area contributed by atoms with Crippen LogP contribution in [0.5, 0.6) is 5.75 Å². The van der Waals surface area contributed by atoms with Gasteiger partial charge in [-0.3, -0.25) is 4.79 Å². The molecule has 0 aliphatic rings. The van der Waals surface area contributed by atoms with Crippen molar-refractivity contribution in [3.63, 3.8) is 0 Å². The van der Waals surface area contributed by atoms with Crippen molar-refractivity contribution in [3.05, 3.63) is 65.2 Å². The van der Waals surface area contributed by atoms with E-state index in [1.807, 2.05) is 24.3 Å². The first-order valence-electron chi connectivity index (χ1n) is 8.05. The zero-order chi connectivity index (χ0) is 17.6. The molecular weight excluding hydrogens is 284 g/mol. The van der Waals surface area contributed by atoms with Crippen LogP contribution in [0.3, 0.4) is 0 Å². The van der Waals surface area contributed by atoms with Crippen LogP contribution in [-0.2, 0) is 5.41 Å². The molecule has 124 valence electrons. The molecule has 0 amide bonds. The Balaban J connectivity index is 0.000000593. The molecular formula is C21H28O2. The predicted molar refractivity (Wildman–Crippen MR) is 97.2 cm³/mol. The fourth-order valence-electron chi connectivity index (χ4n) is 1.90. The molecule has 1 N–H and O–H groups in total. The van der Waals surface area contributed by atoms with Crippen LogP contribution in [-0.4, -0.2) is 10.9 Å². The van der Waals surface area contributed by atoms with Crippen LogP contribution in [0, 0.1) is 5.92 Å². The average molecular weight is 312 g/mol. The first kappa shape index (κ1) is 19.0. The zero-order valence-corrected chi connectivity index (χ0v) is 15.1. The van der Waals surface area contributed by atoms with E-state index in [2.05, 4.69) is 41.5 Å². The highest BCUT2D eigenvalue weighted by Gasteiger charge is 2.14. The lowest BCUT2D eigenvalue weighted by Crippen LogP contribution is -2.11. The molecule has 2 aromatic rings. The zero-order valence-electron chi connectivity index (χ0n) is 15.1. The summed E-state index contributed by atoms with van der Waals surface area (Å²) in [5, 5.41) is 9.22. The van der Waals surface area contributed by atoms with Crippen molar-refractivity contribution in [1.29, 1.82) is 0 Å². The number of ketones is 1. The Labute approximate surface area is 140 Å². The maximum absolute atomic E-state index is 12.2. The Morgan fingerprint density at radius 3 is 1.52 bits per heavy atom. The molecule has 23 heavy (non-hydrogen) atoms. The van der Waals surface area contributed by atoms with Crippen LogP contribution in [0.25, 0.3) is 0 Å². The molecule has 0 spiro atoms. The molecule has 0 atom stereocenters. The first-order chi connectivity index (χ1) is 10.6. The van der Waals surface area contributed by atoms with E-state index in [0.717, 1.165) is 5.92 Å². The highest BCUT2D eigenvalue weighted by molar-refractivity contribution is 6.09. The van der Waals surface area contributed by atoms with E-state index in [4.69, 9.17) is 0 Å². The molecule has 0 heterocycles. The van der Waals surface area contributed by atoms with Gasteiger partial charge in [-0.05, 0) is 41.2 Å². The highest BCUT2D eigenvalue weighted by atomic mass is 16.3. The molecule has 0 fully saturated rings. The number of phenols is 1. The van der Waals surface area contributed by atoms with Crippen LogP contribution in [0.15, 0.2) is 48.5 Å². The summed E-state index contributed by atoms with van der Waals surface area (Å²) in [5.41, 5.74) is 2.54. The molecule has 0 aromatic heterocycles. The quantitative estimate of drug-likeness (QED) is 0.735. The number of benzene rings is 2. The summed E-state index contributed by atoms with van der Waals surface area (Å²) in [6.45, 7) is 12.9. The van der Waals surface area contributed by atoms with E-state index in [1.165, 1.54) is 17.7 Å². The normalized spacial score (nSPS) is 10.9. The summed E-state index contributed by atoms with van der Waals surface area (Å²) in [6, 6.07) is 14.0. The van der Waals surface area contributed by atoms with Crippen molar-refractivity contribution in [3.8, 4) is 5.75 Å². The topological polar surface area (TPSA) is 37.3 Å². The largest absolute Gasteiger partial charge is 0.508 e. The lowest BCUT2D eigenvalue weighted by Gasteiger charge is -2.19. The van der Waals surface area contributed by atoms with Gasteiger partial charge in [0.1, 0.15) is 5.75 Å². The van der Waals surface area contributed by atoms with Gasteiger partial charge >= 0.3 is 0 Å². The molecule has 0 saturated heterocycles. The third-order valence-electron chi connectivity index (χ3n) is 3.14. The number of rotatable bonds is 2. The minimum Gasteiger partial charge on any atom is -0.508 e. The van der Waals surface area contributed by atoms with Gasteiger partial charge in [-0.15, -0.1) is 0 Å². The molecule has 2 heteroatoms. The first-order valence-corrected chi connectivity index (χ1v) is 8.05. The minimum atomic E-state index is -0.0274. The summed E-state index contributed by atoms with van der Waals surface area (Å²) in [6.07, 6.45) is 0. The Kier molecular flexibility index (Phi) is 6.56. The van der Waals surface area contributed by atoms with E-state index in [9.17, 15) is 9.90 Å². The van der Waals surface area contributed by atoms with Crippen molar-refractivity contribution in [1.82, 2.24) is 0 Å². The minimum absolute atomic E-state index is 0.0274. The maximum atomic E-state index is 12.2. The van der Waals surface area contributed by atoms with Crippen LogP contribution >= 0.6 is 0 Å². The number of phenolic OH excluding ortho intramolecular Hbond substituents is 1. The van der Waals surface area contributed by atoms with Crippen LogP contribution in [0.4, 0.5) is 0 Å². The van der Waals surface area contributed by atoms with Gasteiger partial charge < -0.3 is 5.11 Å². The molecule has 0 unspecified atom stereocenters. The summed E-state index contributed by atoms with van der Waals surface area (Å²) >= 11 is 0. The van der Waals surface area contributed by atoms with Crippen LogP contribution < -0.4 is 0 Å². The molecule has 2 aromatic carbocycles. The molecule has 0 saturated carbocycles. The number of hydrogen-bond donors (Lipinski definition) is 1. The summed E-state index contributed by atoms with van der Waals surface area (Å²) < 4.78 is 0. The van der Waals surface area contributed by atoms with Crippen LogP contribution in [0.1, 0.15) is 63.0 Å². The lowest BCUT2D eigenvalue weighted by molar-refractivity contribution is 0.103. The Bertz CT molecular complexity index is 612. The Hall–Kier alpha value is -2.09. The third-order valence-corrected chi connectivity index (χ3v) is 3.14. The van der Waals surface area contributed by atoms with Gasteiger partial charge in [0.25, 0.3) is 0 Å². The second-order valence-corrected chi connectivity index (χ2v) is 7.44. The van der Waals surface area contributed by atoms with Gasteiger partial charge in [0, 0.05) is 11.1 Å². The van der Waals surface area contributed by atoms with E-state index in [1.54, 1.807) is 12.1 Å². The van der Waals surface area contributed by atoms with E-state index in [0.29, 0.717) is 11.1 Å². The standard InChI is InChI=1S/C17H18O2.C4H10/c1-17(2,3)14-8-4-12(5-9-14)16(19)13-6-10-15(18)11-7-13;1-4(2)3/h4-11,18H,1-3H3;4H,1-3H3. The average Bonchev–Trinajstić information content (AvgIpc) is 2.46. The summed E-state index contributed by atoms with van der Waals surface area (Å²) in [5.74, 6) is 0.972. The fourth-order valence-corrected chi connectivity index (χ4v) is 1.90. The monoisotopic (exact) mass is 312 g/mol. The van der Waals surface area contributed by atoms with Gasteiger partial charge in [-0.2, -0.15) is 0 Å². The highest BCUT2D eigenvalue weighted by Crippen LogP contribution is 2.23. The number of carbonyl (C=O) groups is 1. The van der Waals surface area contributed by atoms with Crippen molar-refractivity contribution in [2.75, 3.05) is 0 Å². The molecule has 0 radical (unpaired) electrons. The van der Waals surface area contributed by atoms with Crippen LogP contribution in [0.2, 0.25) is 0 Å². The van der Waals surface area contributed by atoms with Crippen molar-refractivity contribution >= 4 is 5.78 Å². The Morgan fingerprint density at radius 1 is 0.826 bits per heavy atom. The van der Waals surface area contributed by atoms with Gasteiger partial charge in [-0.25, -0.2) is 0 Å². The molecule has 0 aliphatic carbocycles. The molecule has 0 aliphatic heterocycles.